The van der Waals surface area contributed by atoms with Crippen LogP contribution in [0.4, 0.5) is 5.69 Å². The van der Waals surface area contributed by atoms with E-state index in [9.17, 15) is 9.59 Å². The minimum atomic E-state index is -0.509. The van der Waals surface area contributed by atoms with Crippen molar-refractivity contribution in [1.82, 2.24) is 5.27 Å². The van der Waals surface area contributed by atoms with Gasteiger partial charge in [0.05, 0.1) is 5.25 Å². The summed E-state index contributed by atoms with van der Waals surface area (Å²) < 4.78 is 6.45. The van der Waals surface area contributed by atoms with Gasteiger partial charge in [0.25, 0.3) is 0 Å². The van der Waals surface area contributed by atoms with E-state index in [1.807, 2.05) is 61.5 Å². The number of para-hydroxylation sites is 1. The number of thioether (sulfide) groups is 1. The summed E-state index contributed by atoms with van der Waals surface area (Å²) in [6, 6.07) is 16.8. The minimum absolute atomic E-state index is 0.188. The number of aromatic nitrogens is 2. The van der Waals surface area contributed by atoms with Gasteiger partial charge in [-0.1, -0.05) is 35.9 Å². The molecule has 0 aliphatic rings. The number of carbonyl (C=O) groups excluding carboxylic acids is 1. The van der Waals surface area contributed by atoms with Gasteiger partial charge in [-0.25, -0.2) is 4.79 Å². The SMILES string of the molecule is Cc1ccc(-[n+]2[nH]oc(=O)c2SC(C)C(=O)Nc2ccccc2)cc1. The van der Waals surface area contributed by atoms with Crippen LogP contribution in [0.1, 0.15) is 12.5 Å². The number of nitrogens with one attached hydrogen (secondary N) is 2. The van der Waals surface area contributed by atoms with Crippen molar-refractivity contribution in [2.24, 2.45) is 0 Å². The fourth-order valence-corrected chi connectivity index (χ4v) is 3.10. The molecule has 7 heteroatoms. The van der Waals surface area contributed by atoms with Gasteiger partial charge in [0.2, 0.25) is 11.6 Å². The zero-order valence-electron chi connectivity index (χ0n) is 13.9. The molecular weight excluding hydrogens is 338 g/mol. The van der Waals surface area contributed by atoms with Crippen LogP contribution in [0, 0.1) is 6.92 Å². The number of rotatable bonds is 5. The molecule has 1 unspecified atom stereocenters. The highest BCUT2D eigenvalue weighted by molar-refractivity contribution is 8.00. The third-order valence-corrected chi connectivity index (χ3v) is 4.74. The van der Waals surface area contributed by atoms with Crippen LogP contribution in [-0.2, 0) is 4.79 Å². The van der Waals surface area contributed by atoms with E-state index in [1.165, 1.54) is 0 Å². The van der Waals surface area contributed by atoms with E-state index in [0.29, 0.717) is 10.7 Å². The number of benzene rings is 2. The monoisotopic (exact) mass is 356 g/mol. The molecule has 0 spiro atoms. The Morgan fingerprint density at radius 3 is 2.52 bits per heavy atom. The van der Waals surface area contributed by atoms with Gasteiger partial charge in [0.1, 0.15) is 0 Å². The molecule has 128 valence electrons. The van der Waals surface area contributed by atoms with Crippen molar-refractivity contribution in [2.45, 2.75) is 24.1 Å². The van der Waals surface area contributed by atoms with E-state index in [0.717, 1.165) is 23.0 Å². The molecule has 1 amide bonds. The molecular formula is C18H18N3O3S+. The minimum Gasteiger partial charge on any atom is -0.325 e. The summed E-state index contributed by atoms with van der Waals surface area (Å²) in [4.78, 5) is 24.4. The molecule has 0 saturated heterocycles. The van der Waals surface area contributed by atoms with Crippen molar-refractivity contribution in [3.8, 4) is 5.69 Å². The fourth-order valence-electron chi connectivity index (χ4n) is 2.21. The second-order valence-electron chi connectivity index (χ2n) is 5.57. The third-order valence-electron chi connectivity index (χ3n) is 3.60. The van der Waals surface area contributed by atoms with Gasteiger partial charge in [-0.15, -0.1) is 0 Å². The maximum Gasteiger partial charge on any atom is 0.442 e. The van der Waals surface area contributed by atoms with Crippen LogP contribution >= 0.6 is 11.8 Å². The summed E-state index contributed by atoms with van der Waals surface area (Å²) in [5.74, 6) is -0.188. The lowest BCUT2D eigenvalue weighted by molar-refractivity contribution is -0.704. The third kappa shape index (κ3) is 4.00. The Kier molecular flexibility index (Phi) is 5.04. The summed E-state index contributed by atoms with van der Waals surface area (Å²) >= 11 is 1.14. The Morgan fingerprint density at radius 2 is 1.84 bits per heavy atom. The summed E-state index contributed by atoms with van der Waals surface area (Å²) in [6.45, 7) is 3.73. The van der Waals surface area contributed by atoms with Crippen molar-refractivity contribution in [3.05, 3.63) is 70.6 Å². The predicted octanol–water partition coefficient (Wildman–Crippen LogP) is 2.67. The van der Waals surface area contributed by atoms with Gasteiger partial charge >= 0.3 is 10.7 Å². The van der Waals surface area contributed by atoms with Crippen LogP contribution in [0.15, 0.2) is 68.9 Å². The number of nitrogens with zero attached hydrogens (tertiary/aromatic N) is 1. The molecule has 0 radical (unpaired) electrons. The Morgan fingerprint density at radius 1 is 1.16 bits per heavy atom. The van der Waals surface area contributed by atoms with Crippen molar-refractivity contribution >= 4 is 23.4 Å². The first kappa shape index (κ1) is 17.0. The zero-order valence-corrected chi connectivity index (χ0v) is 14.7. The van der Waals surface area contributed by atoms with Crippen LogP contribution in [0.2, 0.25) is 0 Å². The molecule has 2 N–H and O–H groups in total. The normalized spacial score (nSPS) is 11.9. The van der Waals surface area contributed by atoms with Gasteiger partial charge in [-0.3, -0.25) is 9.32 Å². The first-order valence-electron chi connectivity index (χ1n) is 7.78. The molecule has 1 aromatic heterocycles. The Bertz CT molecular complexity index is 917. The molecule has 1 heterocycles. The largest absolute Gasteiger partial charge is 0.442 e. The first-order valence-corrected chi connectivity index (χ1v) is 8.65. The van der Waals surface area contributed by atoms with Crippen molar-refractivity contribution in [3.63, 3.8) is 0 Å². The Hall–Kier alpha value is -2.80. The van der Waals surface area contributed by atoms with Gasteiger partial charge in [-0.05, 0) is 47.7 Å². The lowest BCUT2D eigenvalue weighted by Gasteiger charge is -2.09. The molecule has 2 aromatic carbocycles. The lowest BCUT2D eigenvalue weighted by atomic mass is 10.2. The number of amides is 1. The van der Waals surface area contributed by atoms with E-state index in [-0.39, 0.29) is 5.91 Å². The van der Waals surface area contributed by atoms with Crippen LogP contribution < -0.4 is 15.6 Å². The van der Waals surface area contributed by atoms with E-state index in [1.54, 1.807) is 11.6 Å². The van der Waals surface area contributed by atoms with Gasteiger partial charge in [0, 0.05) is 17.8 Å². The summed E-state index contributed by atoms with van der Waals surface area (Å²) in [6.07, 6.45) is 0. The standard InChI is InChI=1S/C18H17N3O3S/c1-12-8-10-15(11-9-12)21-17(18(23)24-20-21)25-13(2)16(22)19-14-6-4-3-5-7-14/h3-11,13H,1-2H3,(H-,19,20,22,23)/p+1. The zero-order chi connectivity index (χ0) is 17.8. The first-order chi connectivity index (χ1) is 12.0. The number of anilines is 1. The quantitative estimate of drug-likeness (QED) is 0.544. The summed E-state index contributed by atoms with van der Waals surface area (Å²) in [7, 11) is 0. The summed E-state index contributed by atoms with van der Waals surface area (Å²) in [5, 5.41) is 5.25. The lowest BCUT2D eigenvalue weighted by Crippen LogP contribution is -2.37. The molecule has 6 nitrogen and oxygen atoms in total. The average Bonchev–Trinajstić information content (AvgIpc) is 2.97. The molecule has 0 aliphatic heterocycles. The van der Waals surface area contributed by atoms with Gasteiger partial charge in [-0.2, -0.15) is 0 Å². The predicted molar refractivity (Wildman–Crippen MR) is 96.0 cm³/mol. The van der Waals surface area contributed by atoms with Crippen molar-refractivity contribution in [1.29, 1.82) is 0 Å². The van der Waals surface area contributed by atoms with E-state index in [4.69, 9.17) is 4.52 Å². The van der Waals surface area contributed by atoms with Crippen LogP contribution in [0.3, 0.4) is 0 Å². The Labute approximate surface area is 148 Å². The summed E-state index contributed by atoms with van der Waals surface area (Å²) in [5.41, 5.74) is 2.08. The highest BCUT2D eigenvalue weighted by atomic mass is 32.2. The number of H-pyrrole nitrogens is 1. The smallest absolute Gasteiger partial charge is 0.325 e. The number of aryl methyl sites for hydroxylation is 1. The van der Waals surface area contributed by atoms with Crippen molar-refractivity contribution in [2.75, 3.05) is 5.32 Å². The number of hydrogen-bond donors (Lipinski definition) is 2. The van der Waals surface area contributed by atoms with Crippen LogP contribution in [-0.4, -0.2) is 16.4 Å². The number of aromatic amines is 1. The molecule has 0 fully saturated rings. The van der Waals surface area contributed by atoms with Gasteiger partial charge < -0.3 is 5.32 Å². The molecule has 0 aliphatic carbocycles. The highest BCUT2D eigenvalue weighted by Crippen LogP contribution is 2.19. The number of carbonyl (C=O) groups is 1. The second-order valence-corrected chi connectivity index (χ2v) is 6.90. The van der Waals surface area contributed by atoms with E-state index < -0.39 is 10.9 Å². The average molecular weight is 356 g/mol. The molecule has 25 heavy (non-hydrogen) atoms. The molecule has 3 rings (SSSR count). The van der Waals surface area contributed by atoms with Crippen molar-refractivity contribution < 1.29 is 14.0 Å². The highest BCUT2D eigenvalue weighted by Gasteiger charge is 2.28. The molecule has 1 atom stereocenters. The van der Waals surface area contributed by atoms with Gasteiger partial charge in [0.15, 0.2) is 0 Å². The maximum atomic E-state index is 12.4. The Balaban J connectivity index is 1.78. The van der Waals surface area contributed by atoms with Crippen LogP contribution in [0.5, 0.6) is 0 Å². The van der Waals surface area contributed by atoms with E-state index >= 15 is 0 Å². The second kappa shape index (κ2) is 7.40. The molecule has 3 aromatic rings. The molecule has 0 bridgehead atoms. The molecule has 0 saturated carbocycles. The van der Waals surface area contributed by atoms with Crippen LogP contribution in [0.25, 0.3) is 5.69 Å². The maximum absolute atomic E-state index is 12.4. The fraction of sp³-hybridized carbons (Fsp3) is 0.167. The number of hydrogen-bond acceptors (Lipinski definition) is 4. The topological polar surface area (TPSA) is 79.0 Å². The van der Waals surface area contributed by atoms with E-state index in [2.05, 4.69) is 10.6 Å².